The molecule has 6 heteroatoms. The maximum Gasteiger partial charge on any atom is 0.160 e. The highest BCUT2D eigenvalue weighted by atomic mass is 16.3. The summed E-state index contributed by atoms with van der Waals surface area (Å²) >= 11 is 0. The average Bonchev–Trinajstić information content (AvgIpc) is 4.04. The molecule has 56 heavy (non-hydrogen) atoms. The van der Waals surface area contributed by atoms with Crippen LogP contribution in [0.15, 0.2) is 192 Å². The monoisotopic (exact) mass is 717 g/mol. The van der Waals surface area contributed by atoms with Gasteiger partial charge in [-0.05, 0) is 54.6 Å². The highest BCUT2D eigenvalue weighted by Gasteiger charge is 2.24. The molecule has 0 N–H and O–H groups in total. The second kappa shape index (κ2) is 11.9. The van der Waals surface area contributed by atoms with Crippen molar-refractivity contribution >= 4 is 65.6 Å². The number of hydrogen-bond donors (Lipinski definition) is 0. The molecule has 12 aromatic rings. The van der Waals surface area contributed by atoms with Crippen LogP contribution < -0.4 is 0 Å². The Morgan fingerprint density at radius 2 is 0.982 bits per heavy atom. The van der Waals surface area contributed by atoms with Crippen LogP contribution in [0, 0.1) is 0 Å². The van der Waals surface area contributed by atoms with Gasteiger partial charge in [0, 0.05) is 43.4 Å². The number of furan rings is 1. The number of aromatic nitrogens is 5. The number of benzene rings is 8. The van der Waals surface area contributed by atoms with Crippen molar-refractivity contribution < 1.29 is 4.42 Å². The van der Waals surface area contributed by atoms with Crippen LogP contribution in [0.4, 0.5) is 0 Å². The maximum absolute atomic E-state index is 6.74. The summed E-state index contributed by atoms with van der Waals surface area (Å²) in [5.41, 5.74) is 13.0. The Labute approximate surface area is 320 Å². The second-order valence-corrected chi connectivity index (χ2v) is 14.3. The van der Waals surface area contributed by atoms with Gasteiger partial charge in [-0.1, -0.05) is 139 Å². The molecule has 0 spiro atoms. The summed E-state index contributed by atoms with van der Waals surface area (Å²) in [5, 5.41) is 16.4. The Morgan fingerprint density at radius 3 is 1.77 bits per heavy atom. The molecule has 0 saturated carbocycles. The fourth-order valence-electron chi connectivity index (χ4n) is 8.78. The van der Waals surface area contributed by atoms with Gasteiger partial charge in [0.1, 0.15) is 17.0 Å². The Bertz CT molecular complexity index is 3420. The van der Waals surface area contributed by atoms with E-state index in [9.17, 15) is 0 Å². The smallest absolute Gasteiger partial charge is 0.160 e. The third-order valence-corrected chi connectivity index (χ3v) is 11.2. The van der Waals surface area contributed by atoms with Crippen molar-refractivity contribution in [1.82, 2.24) is 24.1 Å². The number of fused-ring (bicyclic) bond motifs is 10. The van der Waals surface area contributed by atoms with Crippen molar-refractivity contribution in [3.63, 3.8) is 0 Å². The summed E-state index contributed by atoms with van der Waals surface area (Å²) in [7, 11) is 0. The molecule has 0 unspecified atom stereocenters. The molecular weight excluding hydrogens is 687 g/mol. The van der Waals surface area contributed by atoms with E-state index in [1.165, 1.54) is 16.2 Å². The second-order valence-electron chi connectivity index (χ2n) is 14.3. The quantitative estimate of drug-likeness (QED) is 0.178. The molecule has 8 aromatic carbocycles. The van der Waals surface area contributed by atoms with Gasteiger partial charge in [-0.3, -0.25) is 0 Å². The first kappa shape index (κ1) is 30.7. The summed E-state index contributed by atoms with van der Waals surface area (Å²) in [5.74, 6) is 0. The van der Waals surface area contributed by atoms with E-state index in [-0.39, 0.29) is 0 Å². The lowest BCUT2D eigenvalue weighted by atomic mass is 10.0. The summed E-state index contributed by atoms with van der Waals surface area (Å²) in [4.78, 5) is 0. The van der Waals surface area contributed by atoms with Gasteiger partial charge < -0.3 is 13.6 Å². The molecule has 0 aliphatic rings. The van der Waals surface area contributed by atoms with Gasteiger partial charge in [0.05, 0.1) is 39.1 Å². The third kappa shape index (κ3) is 4.38. The van der Waals surface area contributed by atoms with Gasteiger partial charge in [-0.15, -0.1) is 5.10 Å². The zero-order valence-electron chi connectivity index (χ0n) is 30.0. The third-order valence-electron chi connectivity index (χ3n) is 11.2. The summed E-state index contributed by atoms with van der Waals surface area (Å²) in [6.45, 7) is 0. The van der Waals surface area contributed by atoms with Gasteiger partial charge >= 0.3 is 0 Å². The van der Waals surface area contributed by atoms with E-state index in [1.54, 1.807) is 0 Å². The van der Waals surface area contributed by atoms with E-state index in [0.717, 1.165) is 89.0 Å². The van der Waals surface area contributed by atoms with Crippen molar-refractivity contribution in [2.45, 2.75) is 0 Å². The van der Waals surface area contributed by atoms with Crippen molar-refractivity contribution in [2.24, 2.45) is 0 Å². The van der Waals surface area contributed by atoms with E-state index < -0.39 is 0 Å². The van der Waals surface area contributed by atoms with Gasteiger partial charge in [0.25, 0.3) is 0 Å². The first-order valence-electron chi connectivity index (χ1n) is 18.9. The molecule has 0 radical (unpaired) electrons. The number of para-hydroxylation sites is 6. The summed E-state index contributed by atoms with van der Waals surface area (Å²) < 4.78 is 13.5. The first-order valence-corrected chi connectivity index (χ1v) is 18.9. The molecule has 4 aromatic heterocycles. The Balaban J connectivity index is 1.17. The predicted molar refractivity (Wildman–Crippen MR) is 228 cm³/mol. The lowest BCUT2D eigenvalue weighted by Crippen LogP contribution is -2.03. The molecular formula is C50H31N5O. The minimum Gasteiger partial charge on any atom is -0.454 e. The maximum atomic E-state index is 6.74. The highest BCUT2D eigenvalue weighted by Crippen LogP contribution is 2.43. The van der Waals surface area contributed by atoms with Gasteiger partial charge in [0.2, 0.25) is 0 Å². The molecule has 0 aliphatic carbocycles. The van der Waals surface area contributed by atoms with Crippen LogP contribution in [0.5, 0.6) is 0 Å². The fraction of sp³-hybridized carbons (Fsp3) is 0. The van der Waals surface area contributed by atoms with E-state index in [4.69, 9.17) is 14.7 Å². The molecule has 0 atom stereocenters. The van der Waals surface area contributed by atoms with Crippen molar-refractivity contribution in [2.75, 3.05) is 0 Å². The average molecular weight is 718 g/mol. The van der Waals surface area contributed by atoms with Crippen molar-refractivity contribution in [3.05, 3.63) is 188 Å². The molecule has 0 amide bonds. The molecule has 0 bridgehead atoms. The fourth-order valence-corrected chi connectivity index (χ4v) is 8.78. The molecule has 4 heterocycles. The largest absolute Gasteiger partial charge is 0.454 e. The van der Waals surface area contributed by atoms with Gasteiger partial charge in [0.15, 0.2) is 5.58 Å². The Morgan fingerprint density at radius 1 is 0.411 bits per heavy atom. The predicted octanol–water partition coefficient (Wildman–Crippen LogP) is 12.7. The molecule has 0 aliphatic heterocycles. The van der Waals surface area contributed by atoms with Crippen LogP contribution in [0.1, 0.15) is 0 Å². The normalized spacial score (nSPS) is 11.9. The van der Waals surface area contributed by atoms with Gasteiger partial charge in [-0.25, -0.2) is 4.68 Å². The van der Waals surface area contributed by atoms with Crippen molar-refractivity contribution in [1.29, 1.82) is 0 Å². The molecule has 0 saturated heterocycles. The van der Waals surface area contributed by atoms with Crippen LogP contribution in [0.25, 0.3) is 105 Å². The summed E-state index contributed by atoms with van der Waals surface area (Å²) in [6.07, 6.45) is 0. The lowest BCUT2D eigenvalue weighted by Gasteiger charge is -2.17. The number of nitrogens with zero attached hydrogens (tertiary/aromatic N) is 5. The Kier molecular flexibility index (Phi) is 6.53. The summed E-state index contributed by atoms with van der Waals surface area (Å²) in [6, 6.07) is 66.2. The molecule has 262 valence electrons. The van der Waals surface area contributed by atoms with Crippen LogP contribution >= 0.6 is 0 Å². The van der Waals surface area contributed by atoms with Crippen LogP contribution in [0.2, 0.25) is 0 Å². The van der Waals surface area contributed by atoms with E-state index >= 15 is 0 Å². The number of rotatable bonds is 5. The molecule has 0 fully saturated rings. The van der Waals surface area contributed by atoms with E-state index in [1.807, 2.05) is 47.1 Å². The van der Waals surface area contributed by atoms with E-state index in [0.29, 0.717) is 0 Å². The first-order chi connectivity index (χ1) is 27.8. The highest BCUT2D eigenvalue weighted by molar-refractivity contribution is 6.21. The van der Waals surface area contributed by atoms with E-state index in [2.05, 4.69) is 155 Å². The zero-order chi connectivity index (χ0) is 36.7. The van der Waals surface area contributed by atoms with Crippen LogP contribution in [-0.4, -0.2) is 24.1 Å². The van der Waals surface area contributed by atoms with Crippen molar-refractivity contribution in [3.8, 4) is 39.6 Å². The van der Waals surface area contributed by atoms with Crippen LogP contribution in [-0.2, 0) is 0 Å². The Hall–Kier alpha value is -7.70. The minimum atomic E-state index is 0.831. The van der Waals surface area contributed by atoms with Crippen LogP contribution in [0.3, 0.4) is 0 Å². The topological polar surface area (TPSA) is 53.7 Å². The number of hydrogen-bond acceptors (Lipinski definition) is 3. The minimum absolute atomic E-state index is 0.831. The zero-order valence-corrected chi connectivity index (χ0v) is 30.0. The SMILES string of the molecule is c1ccc(-c2nnn(-c3ccccc3)c2-c2ccc3c4ccccc4n(-c4ccccc4-n4c5ccccc5c5ccc6c7ccccc7oc6c54)c3c2)cc1. The molecule has 12 rings (SSSR count). The standard InChI is InChI=1S/C50H31N5O/c1-3-15-32(16-4-1)47-48(55(52-51-47)34-17-5-2-6-18-34)33-27-28-37-35-19-7-10-22-41(35)53(45(37)31-33)43-24-12-13-25-44(43)54-42-23-11-8-20-36(42)39-29-30-40-38-21-9-14-26-46(38)56-50(40)49(39)54/h1-31H. The van der Waals surface area contributed by atoms with Gasteiger partial charge in [-0.2, -0.15) is 0 Å². The lowest BCUT2D eigenvalue weighted by molar-refractivity contribution is 0.671. The molecule has 6 nitrogen and oxygen atoms in total.